The van der Waals surface area contributed by atoms with Crippen molar-refractivity contribution in [3.63, 3.8) is 0 Å². The first kappa shape index (κ1) is 16.3. The zero-order chi connectivity index (χ0) is 15.8. The van der Waals surface area contributed by atoms with E-state index in [2.05, 4.69) is 5.32 Å². The van der Waals surface area contributed by atoms with E-state index in [-0.39, 0.29) is 25.5 Å². The average molecular weight is 320 g/mol. The van der Waals surface area contributed by atoms with Gasteiger partial charge < -0.3 is 15.2 Å². The molecule has 0 atom stereocenters. The van der Waals surface area contributed by atoms with Crippen molar-refractivity contribution in [3.8, 4) is 5.75 Å². The molecule has 0 saturated carbocycles. The molecule has 0 saturated heterocycles. The van der Waals surface area contributed by atoms with Crippen molar-refractivity contribution in [3.05, 3.63) is 59.1 Å². The molecule has 5 heteroatoms. The van der Waals surface area contributed by atoms with Crippen molar-refractivity contribution < 1.29 is 14.6 Å². The van der Waals surface area contributed by atoms with E-state index in [9.17, 15) is 4.79 Å². The minimum atomic E-state index is -0.114. The van der Waals surface area contributed by atoms with Crippen LogP contribution < -0.4 is 10.1 Å². The van der Waals surface area contributed by atoms with Gasteiger partial charge in [-0.15, -0.1) is 0 Å². The lowest BCUT2D eigenvalue weighted by Crippen LogP contribution is -2.15. The van der Waals surface area contributed by atoms with Crippen LogP contribution in [0.25, 0.3) is 0 Å². The maximum absolute atomic E-state index is 11.8. The number of carbonyl (C=O) groups excluding carboxylic acids is 1. The van der Waals surface area contributed by atoms with Crippen molar-refractivity contribution in [2.24, 2.45) is 0 Å². The molecule has 2 aromatic carbocycles. The van der Waals surface area contributed by atoms with Gasteiger partial charge in [0, 0.05) is 17.3 Å². The van der Waals surface area contributed by atoms with Gasteiger partial charge in [-0.05, 0) is 42.3 Å². The zero-order valence-corrected chi connectivity index (χ0v) is 12.8. The van der Waals surface area contributed by atoms with E-state index in [1.165, 1.54) is 0 Å². The number of hydrogen-bond donors (Lipinski definition) is 2. The number of amides is 1. The molecule has 1 amide bonds. The third kappa shape index (κ3) is 5.39. The smallest absolute Gasteiger partial charge is 0.227 e. The normalized spacial score (nSPS) is 10.3. The first-order chi connectivity index (χ1) is 10.7. The second-order valence-corrected chi connectivity index (χ2v) is 5.21. The lowest BCUT2D eigenvalue weighted by Gasteiger charge is -2.08. The highest BCUT2D eigenvalue weighted by Gasteiger charge is 2.03. The van der Waals surface area contributed by atoms with Gasteiger partial charge in [0.15, 0.2) is 0 Å². The Labute approximate surface area is 134 Å². The Hall–Kier alpha value is -2.04. The maximum Gasteiger partial charge on any atom is 0.227 e. The lowest BCUT2D eigenvalue weighted by atomic mass is 10.1. The molecule has 2 N–H and O–H groups in total. The SMILES string of the molecule is O=C(CCOc1cccc(Cl)c1)Nc1ccc(CCO)cc1. The highest BCUT2D eigenvalue weighted by atomic mass is 35.5. The number of aliphatic hydroxyl groups excluding tert-OH is 1. The van der Waals surface area contributed by atoms with Crippen LogP contribution in [0.2, 0.25) is 5.02 Å². The van der Waals surface area contributed by atoms with Crippen molar-refractivity contribution in [1.29, 1.82) is 0 Å². The number of hydrogen-bond acceptors (Lipinski definition) is 3. The Morgan fingerprint density at radius 1 is 1.18 bits per heavy atom. The number of ether oxygens (including phenoxy) is 1. The molecule has 0 heterocycles. The van der Waals surface area contributed by atoms with Gasteiger partial charge in [0.25, 0.3) is 0 Å². The van der Waals surface area contributed by atoms with Crippen LogP contribution in [-0.2, 0) is 11.2 Å². The molecule has 2 aromatic rings. The Bertz CT molecular complexity index is 614. The highest BCUT2D eigenvalue weighted by Crippen LogP contribution is 2.17. The molecule has 0 spiro atoms. The molecule has 0 fully saturated rings. The Kier molecular flexibility index (Phi) is 6.25. The Morgan fingerprint density at radius 3 is 2.64 bits per heavy atom. The molecule has 116 valence electrons. The van der Waals surface area contributed by atoms with Crippen molar-refractivity contribution >= 4 is 23.2 Å². The molecule has 0 unspecified atom stereocenters. The van der Waals surface area contributed by atoms with Gasteiger partial charge in [0.1, 0.15) is 5.75 Å². The monoisotopic (exact) mass is 319 g/mol. The lowest BCUT2D eigenvalue weighted by molar-refractivity contribution is -0.116. The summed E-state index contributed by atoms with van der Waals surface area (Å²) in [5.74, 6) is 0.533. The van der Waals surface area contributed by atoms with E-state index in [1.807, 2.05) is 24.3 Å². The van der Waals surface area contributed by atoms with Crippen LogP contribution in [0.15, 0.2) is 48.5 Å². The van der Waals surface area contributed by atoms with Gasteiger partial charge in [-0.1, -0.05) is 29.8 Å². The summed E-state index contributed by atoms with van der Waals surface area (Å²) in [7, 11) is 0. The summed E-state index contributed by atoms with van der Waals surface area (Å²) < 4.78 is 5.47. The summed E-state index contributed by atoms with van der Waals surface area (Å²) in [5.41, 5.74) is 1.76. The fourth-order valence-electron chi connectivity index (χ4n) is 1.93. The predicted octanol–water partition coefficient (Wildman–Crippen LogP) is 3.28. The molecule has 4 nitrogen and oxygen atoms in total. The van der Waals surface area contributed by atoms with Crippen LogP contribution in [-0.4, -0.2) is 24.2 Å². The van der Waals surface area contributed by atoms with Crippen LogP contribution in [0.1, 0.15) is 12.0 Å². The molecule has 22 heavy (non-hydrogen) atoms. The number of aliphatic hydroxyl groups is 1. The van der Waals surface area contributed by atoms with E-state index in [0.717, 1.165) is 11.3 Å². The second-order valence-electron chi connectivity index (χ2n) is 4.77. The van der Waals surface area contributed by atoms with Crippen LogP contribution in [0, 0.1) is 0 Å². The number of carbonyl (C=O) groups is 1. The summed E-state index contributed by atoms with van der Waals surface area (Å²) in [6.07, 6.45) is 0.868. The van der Waals surface area contributed by atoms with E-state index in [4.69, 9.17) is 21.4 Å². The molecule has 0 aliphatic carbocycles. The van der Waals surface area contributed by atoms with Gasteiger partial charge in [-0.2, -0.15) is 0 Å². The average Bonchev–Trinajstić information content (AvgIpc) is 2.50. The summed E-state index contributed by atoms with van der Waals surface area (Å²) in [4.78, 5) is 11.8. The van der Waals surface area contributed by atoms with Gasteiger partial charge in [-0.3, -0.25) is 4.79 Å². The molecule has 2 rings (SSSR count). The summed E-state index contributed by atoms with van der Waals surface area (Å²) >= 11 is 5.85. The van der Waals surface area contributed by atoms with E-state index < -0.39 is 0 Å². The summed E-state index contributed by atoms with van der Waals surface area (Å²) in [6.45, 7) is 0.404. The van der Waals surface area contributed by atoms with Crippen molar-refractivity contribution in [1.82, 2.24) is 0 Å². The Morgan fingerprint density at radius 2 is 1.95 bits per heavy atom. The van der Waals surface area contributed by atoms with Gasteiger partial charge in [0.2, 0.25) is 5.91 Å². The molecular weight excluding hydrogens is 302 g/mol. The summed E-state index contributed by atoms with van der Waals surface area (Å²) in [6, 6.07) is 14.5. The third-order valence-electron chi connectivity index (χ3n) is 3.03. The zero-order valence-electron chi connectivity index (χ0n) is 12.1. The highest BCUT2D eigenvalue weighted by molar-refractivity contribution is 6.30. The quantitative estimate of drug-likeness (QED) is 0.823. The van der Waals surface area contributed by atoms with E-state index in [1.54, 1.807) is 24.3 Å². The minimum Gasteiger partial charge on any atom is -0.493 e. The Balaban J connectivity index is 1.75. The fraction of sp³-hybridized carbons (Fsp3) is 0.235. The number of rotatable bonds is 7. The topological polar surface area (TPSA) is 58.6 Å². The largest absolute Gasteiger partial charge is 0.493 e. The van der Waals surface area contributed by atoms with Crippen molar-refractivity contribution in [2.75, 3.05) is 18.5 Å². The minimum absolute atomic E-state index is 0.114. The number of halogens is 1. The van der Waals surface area contributed by atoms with Crippen LogP contribution in [0.3, 0.4) is 0 Å². The number of anilines is 1. The van der Waals surface area contributed by atoms with Gasteiger partial charge in [-0.25, -0.2) is 0 Å². The molecule has 0 radical (unpaired) electrons. The van der Waals surface area contributed by atoms with Crippen LogP contribution in [0.4, 0.5) is 5.69 Å². The van der Waals surface area contributed by atoms with E-state index >= 15 is 0 Å². The van der Waals surface area contributed by atoms with Crippen LogP contribution >= 0.6 is 11.6 Å². The van der Waals surface area contributed by atoms with Crippen molar-refractivity contribution in [2.45, 2.75) is 12.8 Å². The molecule has 0 aliphatic heterocycles. The third-order valence-corrected chi connectivity index (χ3v) is 3.27. The molecule has 0 aliphatic rings. The van der Waals surface area contributed by atoms with Gasteiger partial charge >= 0.3 is 0 Å². The molecular formula is C17H18ClNO3. The van der Waals surface area contributed by atoms with Gasteiger partial charge in [0.05, 0.1) is 13.0 Å². The fourth-order valence-corrected chi connectivity index (χ4v) is 2.11. The number of nitrogens with one attached hydrogen (secondary N) is 1. The number of benzene rings is 2. The molecule has 0 bridgehead atoms. The van der Waals surface area contributed by atoms with E-state index in [0.29, 0.717) is 17.2 Å². The predicted molar refractivity (Wildman–Crippen MR) is 87.4 cm³/mol. The first-order valence-corrected chi connectivity index (χ1v) is 7.43. The molecule has 0 aromatic heterocycles. The second kappa shape index (κ2) is 8.41. The maximum atomic E-state index is 11.8. The first-order valence-electron chi connectivity index (χ1n) is 7.05. The van der Waals surface area contributed by atoms with Crippen LogP contribution in [0.5, 0.6) is 5.75 Å². The standard InChI is InChI=1S/C17H18ClNO3/c18-14-2-1-3-16(12-14)22-11-9-17(21)19-15-6-4-13(5-7-15)8-10-20/h1-7,12,20H,8-11H2,(H,19,21). The summed E-state index contributed by atoms with van der Waals surface area (Å²) in [5, 5.41) is 12.3.